The van der Waals surface area contributed by atoms with Crippen LogP contribution < -0.4 is 0 Å². The zero-order valence-corrected chi connectivity index (χ0v) is 18.1. The van der Waals surface area contributed by atoms with E-state index >= 15 is 0 Å². The Morgan fingerprint density at radius 1 is 0.815 bits per heavy atom. The van der Waals surface area contributed by atoms with Crippen molar-refractivity contribution in [3.63, 3.8) is 0 Å². The zero-order chi connectivity index (χ0) is 18.9. The molecule has 4 rings (SSSR count). The van der Waals surface area contributed by atoms with Crippen LogP contribution in [-0.2, 0) is 15.1 Å². The summed E-state index contributed by atoms with van der Waals surface area (Å²) in [5, 5.41) is 0. The summed E-state index contributed by atoms with van der Waals surface area (Å²) >= 11 is 7.13. The quantitative estimate of drug-likeness (QED) is 0.385. The lowest BCUT2D eigenvalue weighted by Gasteiger charge is -2.43. The summed E-state index contributed by atoms with van der Waals surface area (Å²) in [7, 11) is 0. The second kappa shape index (κ2) is 7.88. The number of halogens is 2. The van der Waals surface area contributed by atoms with E-state index in [1.54, 1.807) is 0 Å². The lowest BCUT2D eigenvalue weighted by molar-refractivity contribution is -0.290. The zero-order valence-electron chi connectivity index (χ0n) is 14.9. The number of hydrogen-bond donors (Lipinski definition) is 0. The van der Waals surface area contributed by atoms with Crippen molar-refractivity contribution in [2.24, 2.45) is 0 Å². The molecule has 2 nitrogen and oxygen atoms in total. The molecule has 1 fully saturated rings. The Morgan fingerprint density at radius 3 is 2.11 bits per heavy atom. The lowest BCUT2D eigenvalue weighted by Crippen LogP contribution is -2.37. The third-order valence-corrected chi connectivity index (χ3v) is 5.94. The van der Waals surface area contributed by atoms with Gasteiger partial charge in [0.05, 0.1) is 11.7 Å². The van der Waals surface area contributed by atoms with Gasteiger partial charge in [-0.3, -0.25) is 0 Å². The van der Waals surface area contributed by atoms with E-state index in [0.717, 1.165) is 32.1 Å². The first-order valence-corrected chi connectivity index (χ1v) is 10.5. The highest BCUT2D eigenvalue weighted by molar-refractivity contribution is 9.10. The fourth-order valence-corrected chi connectivity index (χ4v) is 4.38. The molecule has 0 N–H and O–H groups in total. The summed E-state index contributed by atoms with van der Waals surface area (Å²) in [6, 6.07) is 26.8. The molecule has 0 unspecified atom stereocenters. The van der Waals surface area contributed by atoms with E-state index in [4.69, 9.17) is 9.47 Å². The van der Waals surface area contributed by atoms with Crippen molar-refractivity contribution in [1.82, 2.24) is 0 Å². The van der Waals surface area contributed by atoms with Crippen LogP contribution >= 0.6 is 31.9 Å². The molecular weight excluding hydrogens is 468 g/mol. The summed E-state index contributed by atoms with van der Waals surface area (Å²) in [6.07, 6.45) is 0.244. The maximum Gasteiger partial charge on any atom is 0.185 e. The number of rotatable bonds is 3. The normalized spacial score (nSPS) is 25.3. The van der Waals surface area contributed by atoms with Crippen molar-refractivity contribution in [3.05, 3.63) is 104 Å². The molecule has 0 aromatic heterocycles. The number of hydrogen-bond acceptors (Lipinski definition) is 2. The molecule has 0 saturated carbocycles. The molecule has 1 aliphatic rings. The van der Waals surface area contributed by atoms with Gasteiger partial charge in [0, 0.05) is 20.9 Å². The van der Waals surface area contributed by atoms with Crippen molar-refractivity contribution in [1.29, 1.82) is 0 Å². The van der Waals surface area contributed by atoms with Gasteiger partial charge >= 0.3 is 0 Å². The van der Waals surface area contributed by atoms with Gasteiger partial charge in [0.1, 0.15) is 0 Å². The van der Waals surface area contributed by atoms with E-state index in [9.17, 15) is 0 Å². The molecule has 4 heteroatoms. The third kappa shape index (κ3) is 4.19. The van der Waals surface area contributed by atoms with E-state index in [0.29, 0.717) is 0 Å². The highest BCUT2D eigenvalue weighted by atomic mass is 79.9. The molecule has 3 aromatic carbocycles. The summed E-state index contributed by atoms with van der Waals surface area (Å²) in [5.74, 6) is 0. The van der Waals surface area contributed by atoms with E-state index in [1.165, 1.54) is 0 Å². The van der Waals surface area contributed by atoms with Gasteiger partial charge in [-0.25, -0.2) is 0 Å². The van der Waals surface area contributed by atoms with Crippen LogP contribution in [0.15, 0.2) is 87.8 Å². The van der Waals surface area contributed by atoms with E-state index < -0.39 is 11.9 Å². The molecule has 27 heavy (non-hydrogen) atoms. The van der Waals surface area contributed by atoms with Crippen LogP contribution in [-0.4, -0.2) is 0 Å². The first-order valence-electron chi connectivity index (χ1n) is 8.93. The van der Waals surface area contributed by atoms with E-state index in [-0.39, 0.29) is 6.10 Å². The SMILES string of the molecule is C[C@@]1(c2ccccc2)C[C@@H](c2cccc(Br)c2)O[C@@H](c2cccc(Br)c2)O1. The number of ether oxygens (including phenoxy) is 2. The van der Waals surface area contributed by atoms with Crippen molar-refractivity contribution >= 4 is 31.9 Å². The average Bonchev–Trinajstić information content (AvgIpc) is 2.68. The molecular formula is C23H20Br2O2. The third-order valence-electron chi connectivity index (χ3n) is 4.96. The lowest BCUT2D eigenvalue weighted by atomic mass is 9.86. The van der Waals surface area contributed by atoms with Crippen LogP contribution in [0.2, 0.25) is 0 Å². The molecule has 0 radical (unpaired) electrons. The van der Waals surface area contributed by atoms with Crippen LogP contribution in [0.25, 0.3) is 0 Å². The van der Waals surface area contributed by atoms with Crippen molar-refractivity contribution in [2.75, 3.05) is 0 Å². The fraction of sp³-hybridized carbons (Fsp3) is 0.217. The van der Waals surface area contributed by atoms with Gasteiger partial charge in [-0.1, -0.05) is 86.5 Å². The molecule has 0 spiro atoms. The smallest absolute Gasteiger partial charge is 0.185 e. The first kappa shape index (κ1) is 18.9. The minimum Gasteiger partial charge on any atom is -0.340 e. The Kier molecular flexibility index (Phi) is 5.51. The minimum absolute atomic E-state index is 0.0644. The molecule has 3 aromatic rings. The maximum atomic E-state index is 6.53. The Bertz CT molecular complexity index is 873. The van der Waals surface area contributed by atoms with E-state index in [2.05, 4.69) is 81.2 Å². The largest absolute Gasteiger partial charge is 0.340 e. The molecule has 1 saturated heterocycles. The Labute approximate surface area is 176 Å². The van der Waals surface area contributed by atoms with Gasteiger partial charge in [0.2, 0.25) is 0 Å². The van der Waals surface area contributed by atoms with Crippen LogP contribution in [0.1, 0.15) is 42.4 Å². The van der Waals surface area contributed by atoms with Gasteiger partial charge < -0.3 is 9.47 Å². The highest BCUT2D eigenvalue weighted by Crippen LogP contribution is 2.47. The molecule has 0 amide bonds. The molecule has 1 heterocycles. The Hall–Kier alpha value is -1.46. The predicted octanol–water partition coefficient (Wildman–Crippen LogP) is 7.30. The van der Waals surface area contributed by atoms with Crippen LogP contribution in [0.3, 0.4) is 0 Å². The van der Waals surface area contributed by atoms with Crippen LogP contribution in [0, 0.1) is 0 Å². The van der Waals surface area contributed by atoms with Crippen molar-refractivity contribution < 1.29 is 9.47 Å². The molecule has 0 bridgehead atoms. The summed E-state index contributed by atoms with van der Waals surface area (Å²) in [4.78, 5) is 0. The number of benzene rings is 3. The van der Waals surface area contributed by atoms with Crippen LogP contribution in [0.5, 0.6) is 0 Å². The Morgan fingerprint density at radius 2 is 1.44 bits per heavy atom. The summed E-state index contributed by atoms with van der Waals surface area (Å²) in [5.41, 5.74) is 2.87. The van der Waals surface area contributed by atoms with Gasteiger partial charge in [0.15, 0.2) is 6.29 Å². The van der Waals surface area contributed by atoms with Crippen molar-refractivity contribution in [3.8, 4) is 0 Å². The molecule has 3 atom stereocenters. The van der Waals surface area contributed by atoms with Crippen LogP contribution in [0.4, 0.5) is 0 Å². The minimum atomic E-state index is -0.445. The second-order valence-electron chi connectivity index (χ2n) is 6.99. The molecule has 0 aliphatic carbocycles. The maximum absolute atomic E-state index is 6.53. The van der Waals surface area contributed by atoms with Gasteiger partial charge in [-0.05, 0) is 42.3 Å². The standard InChI is InChI=1S/C23H20Br2O2/c1-23(18-9-3-2-4-10-18)15-21(16-7-5-11-19(24)13-16)26-22(27-23)17-8-6-12-20(25)14-17/h2-14,21-22H,15H2,1H3/t21-,22+,23-/m0/s1. The topological polar surface area (TPSA) is 18.5 Å². The summed E-state index contributed by atoms with van der Waals surface area (Å²) in [6.45, 7) is 2.15. The monoisotopic (exact) mass is 486 g/mol. The second-order valence-corrected chi connectivity index (χ2v) is 8.82. The Balaban J connectivity index is 1.75. The van der Waals surface area contributed by atoms with Gasteiger partial charge in [0.25, 0.3) is 0 Å². The van der Waals surface area contributed by atoms with E-state index in [1.807, 2.05) is 36.4 Å². The predicted molar refractivity (Wildman–Crippen MR) is 114 cm³/mol. The van der Waals surface area contributed by atoms with Crippen molar-refractivity contribution in [2.45, 2.75) is 31.3 Å². The first-order chi connectivity index (χ1) is 13.0. The fourth-order valence-electron chi connectivity index (χ4n) is 3.54. The highest BCUT2D eigenvalue weighted by Gasteiger charge is 2.41. The molecule has 1 aliphatic heterocycles. The van der Waals surface area contributed by atoms with Gasteiger partial charge in [-0.2, -0.15) is 0 Å². The summed E-state index contributed by atoms with van der Waals surface area (Å²) < 4.78 is 15.0. The molecule has 138 valence electrons. The van der Waals surface area contributed by atoms with Gasteiger partial charge in [-0.15, -0.1) is 0 Å². The average molecular weight is 488 g/mol.